The van der Waals surface area contributed by atoms with Crippen molar-refractivity contribution in [3.05, 3.63) is 0 Å². The van der Waals surface area contributed by atoms with Crippen LogP contribution in [-0.2, 0) is 14.3 Å². The zero-order valence-corrected chi connectivity index (χ0v) is 10.5. The van der Waals surface area contributed by atoms with Gasteiger partial charge < -0.3 is 25.6 Å². The third kappa shape index (κ3) is 11.6. The average Bonchev–Trinajstić information content (AvgIpc) is 2.31. The lowest BCUT2D eigenvalue weighted by molar-refractivity contribution is -0.138. The molecule has 0 aromatic rings. The maximum Gasteiger partial charge on any atom is 0.320 e. The minimum atomic E-state index is -0.926. The molecule has 0 aromatic heterocycles. The number of ether oxygens (including phenoxy) is 2. The number of nitrogens with two attached hydrogens (primary N) is 1. The summed E-state index contributed by atoms with van der Waals surface area (Å²) < 4.78 is 10.1. The van der Waals surface area contributed by atoms with Crippen molar-refractivity contribution in [2.75, 3.05) is 40.0 Å². The molecule has 1 atom stereocenters. The first kappa shape index (κ1) is 16.3. The number of nitrogens with one attached hydrogen (secondary N) is 1. The lowest BCUT2D eigenvalue weighted by Gasteiger charge is -2.07. The van der Waals surface area contributed by atoms with E-state index in [2.05, 4.69) is 5.32 Å². The summed E-state index contributed by atoms with van der Waals surface area (Å²) in [5.74, 6) is -0.926. The van der Waals surface area contributed by atoms with Gasteiger partial charge in [0.1, 0.15) is 6.04 Å². The van der Waals surface area contributed by atoms with Crippen molar-refractivity contribution < 1.29 is 19.4 Å². The molecule has 0 bridgehead atoms. The standard InChI is InChI=1S/C11H24N2O4/c1-16-8-9-17-7-6-13-5-3-2-4-10(12)11(14)15/h10,13H,2-9,12H2,1H3,(H,14,15)/t10-/m1/s1. The van der Waals surface area contributed by atoms with E-state index in [0.717, 1.165) is 25.9 Å². The van der Waals surface area contributed by atoms with Gasteiger partial charge in [-0.2, -0.15) is 0 Å². The molecule has 0 radical (unpaired) electrons. The van der Waals surface area contributed by atoms with Crippen LogP contribution in [0.15, 0.2) is 0 Å². The molecule has 0 heterocycles. The maximum atomic E-state index is 10.4. The van der Waals surface area contributed by atoms with E-state index in [1.807, 2.05) is 0 Å². The van der Waals surface area contributed by atoms with Gasteiger partial charge in [-0.3, -0.25) is 4.79 Å². The number of carboxylic acid groups (broad SMARTS) is 1. The van der Waals surface area contributed by atoms with Crippen LogP contribution in [0.25, 0.3) is 0 Å². The molecule has 0 unspecified atom stereocenters. The highest BCUT2D eigenvalue weighted by Gasteiger charge is 2.09. The Balaban J connectivity index is 3.06. The summed E-state index contributed by atoms with van der Waals surface area (Å²) in [6.07, 6.45) is 2.28. The molecule has 0 saturated heterocycles. The van der Waals surface area contributed by atoms with Crippen molar-refractivity contribution >= 4 is 5.97 Å². The molecule has 0 aromatic carbocycles. The van der Waals surface area contributed by atoms with Crippen LogP contribution in [0.2, 0.25) is 0 Å². The summed E-state index contributed by atoms with van der Waals surface area (Å²) in [5, 5.41) is 11.8. The van der Waals surface area contributed by atoms with Crippen molar-refractivity contribution in [1.29, 1.82) is 0 Å². The van der Waals surface area contributed by atoms with E-state index in [1.54, 1.807) is 7.11 Å². The molecular weight excluding hydrogens is 224 g/mol. The van der Waals surface area contributed by atoms with Gasteiger partial charge in [-0.05, 0) is 19.4 Å². The number of hydrogen-bond donors (Lipinski definition) is 3. The van der Waals surface area contributed by atoms with Gasteiger partial charge in [-0.15, -0.1) is 0 Å². The summed E-state index contributed by atoms with van der Waals surface area (Å²) in [6, 6.07) is -0.729. The predicted octanol–water partition coefficient (Wildman–Crippen LogP) is -0.179. The molecule has 0 saturated carbocycles. The Morgan fingerprint density at radius 2 is 2.06 bits per heavy atom. The summed E-state index contributed by atoms with van der Waals surface area (Å²) in [7, 11) is 1.64. The van der Waals surface area contributed by atoms with Gasteiger partial charge in [0, 0.05) is 13.7 Å². The van der Waals surface area contributed by atoms with Crippen molar-refractivity contribution in [3.63, 3.8) is 0 Å². The van der Waals surface area contributed by atoms with E-state index in [1.165, 1.54) is 0 Å². The minimum absolute atomic E-state index is 0.529. The average molecular weight is 248 g/mol. The maximum absolute atomic E-state index is 10.4. The zero-order valence-electron chi connectivity index (χ0n) is 10.5. The van der Waals surface area contributed by atoms with Crippen LogP contribution in [0.5, 0.6) is 0 Å². The van der Waals surface area contributed by atoms with Gasteiger partial charge in [-0.25, -0.2) is 0 Å². The smallest absolute Gasteiger partial charge is 0.320 e. The number of unbranched alkanes of at least 4 members (excludes halogenated alkanes) is 1. The molecule has 0 spiro atoms. The molecular formula is C11H24N2O4. The van der Waals surface area contributed by atoms with Crippen LogP contribution in [-0.4, -0.2) is 57.1 Å². The number of carboxylic acids is 1. The Kier molecular flexibility index (Phi) is 11.3. The summed E-state index contributed by atoms with van der Waals surface area (Å²) >= 11 is 0. The van der Waals surface area contributed by atoms with Crippen LogP contribution in [0.1, 0.15) is 19.3 Å². The molecule has 0 fully saturated rings. The number of rotatable bonds is 12. The van der Waals surface area contributed by atoms with Crippen LogP contribution in [0.4, 0.5) is 0 Å². The second-order valence-electron chi connectivity index (χ2n) is 3.80. The monoisotopic (exact) mass is 248 g/mol. The molecule has 4 N–H and O–H groups in total. The largest absolute Gasteiger partial charge is 0.480 e. The Hall–Kier alpha value is -0.690. The molecule has 102 valence electrons. The second kappa shape index (κ2) is 11.8. The molecule has 6 heteroatoms. The second-order valence-corrected chi connectivity index (χ2v) is 3.80. The number of aliphatic carboxylic acids is 1. The Morgan fingerprint density at radius 1 is 1.29 bits per heavy atom. The van der Waals surface area contributed by atoms with E-state index in [0.29, 0.717) is 26.2 Å². The topological polar surface area (TPSA) is 93.8 Å². The van der Waals surface area contributed by atoms with E-state index >= 15 is 0 Å². The van der Waals surface area contributed by atoms with Crippen LogP contribution in [0.3, 0.4) is 0 Å². The number of methoxy groups -OCH3 is 1. The summed E-state index contributed by atoms with van der Waals surface area (Å²) in [6.45, 7) is 3.56. The minimum Gasteiger partial charge on any atom is -0.480 e. The van der Waals surface area contributed by atoms with E-state index in [9.17, 15) is 4.79 Å². The lowest BCUT2D eigenvalue weighted by atomic mass is 10.1. The fraction of sp³-hybridized carbons (Fsp3) is 0.909. The highest BCUT2D eigenvalue weighted by molar-refractivity contribution is 5.72. The Labute approximate surface area is 102 Å². The van der Waals surface area contributed by atoms with Gasteiger partial charge in [0.05, 0.1) is 19.8 Å². The fourth-order valence-corrected chi connectivity index (χ4v) is 1.25. The van der Waals surface area contributed by atoms with Crippen molar-refractivity contribution in [3.8, 4) is 0 Å². The van der Waals surface area contributed by atoms with E-state index < -0.39 is 12.0 Å². The van der Waals surface area contributed by atoms with Crippen LogP contribution >= 0.6 is 0 Å². The van der Waals surface area contributed by atoms with Crippen molar-refractivity contribution in [2.45, 2.75) is 25.3 Å². The first-order valence-electron chi connectivity index (χ1n) is 5.94. The quantitative estimate of drug-likeness (QED) is 0.415. The number of carbonyl (C=O) groups is 1. The summed E-state index contributed by atoms with van der Waals surface area (Å²) in [5.41, 5.74) is 5.37. The van der Waals surface area contributed by atoms with Crippen molar-refractivity contribution in [2.24, 2.45) is 5.73 Å². The molecule has 17 heavy (non-hydrogen) atoms. The first-order chi connectivity index (χ1) is 8.18. The van der Waals surface area contributed by atoms with Crippen molar-refractivity contribution in [1.82, 2.24) is 5.32 Å². The normalized spacial score (nSPS) is 12.6. The fourth-order valence-electron chi connectivity index (χ4n) is 1.25. The summed E-state index contributed by atoms with van der Waals surface area (Å²) in [4.78, 5) is 10.4. The molecule has 0 aliphatic carbocycles. The van der Waals surface area contributed by atoms with Gasteiger partial charge in [0.2, 0.25) is 0 Å². The predicted molar refractivity (Wildman–Crippen MR) is 65.0 cm³/mol. The van der Waals surface area contributed by atoms with Gasteiger partial charge >= 0.3 is 5.97 Å². The zero-order chi connectivity index (χ0) is 12.9. The molecule has 0 aliphatic rings. The van der Waals surface area contributed by atoms with E-state index in [4.69, 9.17) is 20.3 Å². The molecule has 0 aliphatic heterocycles. The molecule has 6 nitrogen and oxygen atoms in total. The third-order valence-corrected chi connectivity index (χ3v) is 2.29. The highest BCUT2D eigenvalue weighted by Crippen LogP contribution is 1.97. The Bertz CT molecular complexity index is 190. The van der Waals surface area contributed by atoms with Gasteiger partial charge in [-0.1, -0.05) is 6.42 Å². The van der Waals surface area contributed by atoms with Gasteiger partial charge in [0.25, 0.3) is 0 Å². The Morgan fingerprint density at radius 3 is 2.71 bits per heavy atom. The SMILES string of the molecule is COCCOCCNCCCC[C@@H](N)C(=O)O. The third-order valence-electron chi connectivity index (χ3n) is 2.29. The van der Waals surface area contributed by atoms with Crippen LogP contribution in [0, 0.1) is 0 Å². The van der Waals surface area contributed by atoms with Crippen LogP contribution < -0.4 is 11.1 Å². The first-order valence-corrected chi connectivity index (χ1v) is 5.94. The highest BCUT2D eigenvalue weighted by atomic mass is 16.5. The van der Waals surface area contributed by atoms with Gasteiger partial charge in [0.15, 0.2) is 0 Å². The van der Waals surface area contributed by atoms with E-state index in [-0.39, 0.29) is 0 Å². The number of hydrogen-bond acceptors (Lipinski definition) is 5. The molecule has 0 rings (SSSR count). The molecule has 0 amide bonds. The lowest BCUT2D eigenvalue weighted by Crippen LogP contribution is -2.30.